The van der Waals surface area contributed by atoms with Gasteiger partial charge in [0.2, 0.25) is 0 Å². The number of nitrogens with zero attached hydrogens (tertiary/aromatic N) is 2. The molecule has 0 spiro atoms. The highest BCUT2D eigenvalue weighted by Gasteiger charge is 1.96. The molecule has 0 bridgehead atoms. The number of nitriles is 2. The van der Waals surface area contributed by atoms with E-state index < -0.39 is 0 Å². The molecule has 1 aromatic carbocycles. The van der Waals surface area contributed by atoms with Gasteiger partial charge in [-0.05, 0) is 30.7 Å². The Kier molecular flexibility index (Phi) is 1.90. The lowest BCUT2D eigenvalue weighted by Crippen LogP contribution is -1.82. The summed E-state index contributed by atoms with van der Waals surface area (Å²) in [5.74, 6) is 0. The van der Waals surface area contributed by atoms with Gasteiger partial charge >= 0.3 is 0 Å². The van der Waals surface area contributed by atoms with Crippen molar-refractivity contribution in [3.8, 4) is 12.1 Å². The molecule has 0 saturated heterocycles. The molecule has 11 heavy (non-hydrogen) atoms. The second-order valence-corrected chi connectivity index (χ2v) is 2.25. The lowest BCUT2D eigenvalue weighted by molar-refractivity contribution is 1.37. The van der Waals surface area contributed by atoms with Crippen molar-refractivity contribution in [1.82, 2.24) is 0 Å². The van der Waals surface area contributed by atoms with E-state index in [0.29, 0.717) is 11.1 Å². The Morgan fingerprint density at radius 3 is 2.36 bits per heavy atom. The molecule has 0 heterocycles. The van der Waals surface area contributed by atoms with Crippen molar-refractivity contribution in [3.63, 3.8) is 0 Å². The summed E-state index contributed by atoms with van der Waals surface area (Å²) < 4.78 is 0. The molecule has 0 aliphatic heterocycles. The van der Waals surface area contributed by atoms with Gasteiger partial charge in [-0.25, -0.2) is 0 Å². The van der Waals surface area contributed by atoms with Crippen molar-refractivity contribution in [2.75, 3.05) is 0 Å². The van der Waals surface area contributed by atoms with E-state index in [9.17, 15) is 0 Å². The first-order valence-electron chi connectivity index (χ1n) is 3.19. The molecule has 0 aromatic heterocycles. The standard InChI is InChI=1S/C9H6N2/c1-7-4-8(5-10)2-3-9(7)6-11/h2-4H,1H3. The fourth-order valence-electron chi connectivity index (χ4n) is 0.859. The van der Waals surface area contributed by atoms with Gasteiger partial charge in [0.1, 0.15) is 0 Å². The highest BCUT2D eigenvalue weighted by Crippen LogP contribution is 2.08. The molecule has 0 saturated carbocycles. The number of hydrogen-bond acceptors (Lipinski definition) is 2. The smallest absolute Gasteiger partial charge is 0.0994 e. The van der Waals surface area contributed by atoms with Gasteiger partial charge in [-0.1, -0.05) is 0 Å². The van der Waals surface area contributed by atoms with Crippen LogP contribution in [0.25, 0.3) is 0 Å². The quantitative estimate of drug-likeness (QED) is 0.553. The molecule has 0 aliphatic rings. The summed E-state index contributed by atoms with van der Waals surface area (Å²) in [4.78, 5) is 0. The molecule has 0 N–H and O–H groups in total. The third-order valence-corrected chi connectivity index (χ3v) is 1.48. The number of rotatable bonds is 0. The second-order valence-electron chi connectivity index (χ2n) is 2.25. The van der Waals surface area contributed by atoms with E-state index in [4.69, 9.17) is 10.5 Å². The van der Waals surface area contributed by atoms with E-state index in [2.05, 4.69) is 0 Å². The number of aryl methyl sites for hydroxylation is 1. The van der Waals surface area contributed by atoms with Crippen LogP contribution in [-0.4, -0.2) is 0 Å². The fourth-order valence-corrected chi connectivity index (χ4v) is 0.859. The lowest BCUT2D eigenvalue weighted by atomic mass is 10.1. The monoisotopic (exact) mass is 142 g/mol. The summed E-state index contributed by atoms with van der Waals surface area (Å²) in [6, 6.07) is 9.06. The fraction of sp³-hybridized carbons (Fsp3) is 0.111. The van der Waals surface area contributed by atoms with Crippen LogP contribution in [0.2, 0.25) is 0 Å². The third-order valence-electron chi connectivity index (χ3n) is 1.48. The van der Waals surface area contributed by atoms with Crippen LogP contribution in [0, 0.1) is 29.6 Å². The molecule has 0 fully saturated rings. The van der Waals surface area contributed by atoms with Crippen LogP contribution in [0.3, 0.4) is 0 Å². The van der Waals surface area contributed by atoms with E-state index in [1.54, 1.807) is 18.2 Å². The summed E-state index contributed by atoms with van der Waals surface area (Å²) in [5.41, 5.74) is 2.08. The molecule has 0 amide bonds. The van der Waals surface area contributed by atoms with Crippen molar-refractivity contribution < 1.29 is 0 Å². The molecule has 1 aromatic rings. The molecule has 1 rings (SSSR count). The molecule has 0 unspecified atom stereocenters. The summed E-state index contributed by atoms with van der Waals surface area (Å²) >= 11 is 0. The minimum Gasteiger partial charge on any atom is -0.192 e. The molecule has 0 radical (unpaired) electrons. The normalized spacial score (nSPS) is 8.27. The Labute approximate surface area is 65.3 Å². The van der Waals surface area contributed by atoms with Crippen LogP contribution in [0.5, 0.6) is 0 Å². The summed E-state index contributed by atoms with van der Waals surface area (Å²) in [7, 11) is 0. The van der Waals surface area contributed by atoms with E-state index in [1.807, 2.05) is 19.1 Å². The van der Waals surface area contributed by atoms with Crippen LogP contribution >= 0.6 is 0 Å². The van der Waals surface area contributed by atoms with Crippen molar-refractivity contribution >= 4 is 0 Å². The maximum atomic E-state index is 8.55. The topological polar surface area (TPSA) is 47.6 Å². The molecular formula is C9H6N2. The minimum atomic E-state index is 0.599. The molecule has 52 valence electrons. The zero-order chi connectivity index (χ0) is 8.27. The van der Waals surface area contributed by atoms with Crippen LogP contribution in [0.15, 0.2) is 18.2 Å². The van der Waals surface area contributed by atoms with Gasteiger partial charge in [0.15, 0.2) is 0 Å². The molecule has 2 heteroatoms. The van der Waals surface area contributed by atoms with E-state index in [0.717, 1.165) is 5.56 Å². The Hall–Kier alpha value is -1.80. The Balaban J connectivity index is 3.25. The van der Waals surface area contributed by atoms with E-state index in [1.165, 1.54) is 0 Å². The van der Waals surface area contributed by atoms with Crippen molar-refractivity contribution in [3.05, 3.63) is 34.9 Å². The number of benzene rings is 1. The van der Waals surface area contributed by atoms with Crippen LogP contribution in [-0.2, 0) is 0 Å². The van der Waals surface area contributed by atoms with Crippen molar-refractivity contribution in [2.24, 2.45) is 0 Å². The van der Waals surface area contributed by atoms with Crippen molar-refractivity contribution in [2.45, 2.75) is 6.92 Å². The predicted molar refractivity (Wildman–Crippen MR) is 40.6 cm³/mol. The Bertz CT molecular complexity index is 353. The van der Waals surface area contributed by atoms with Gasteiger partial charge < -0.3 is 0 Å². The summed E-state index contributed by atoms with van der Waals surface area (Å²) in [6.07, 6.45) is 0. The summed E-state index contributed by atoms with van der Waals surface area (Å²) in [5, 5.41) is 17.0. The maximum Gasteiger partial charge on any atom is 0.0994 e. The Morgan fingerprint density at radius 2 is 1.91 bits per heavy atom. The molecule has 2 nitrogen and oxygen atoms in total. The van der Waals surface area contributed by atoms with Gasteiger partial charge in [-0.3, -0.25) is 0 Å². The maximum absolute atomic E-state index is 8.55. The highest BCUT2D eigenvalue weighted by atomic mass is 14.3. The van der Waals surface area contributed by atoms with Crippen LogP contribution < -0.4 is 0 Å². The van der Waals surface area contributed by atoms with E-state index in [-0.39, 0.29) is 0 Å². The zero-order valence-corrected chi connectivity index (χ0v) is 6.13. The van der Waals surface area contributed by atoms with Crippen molar-refractivity contribution in [1.29, 1.82) is 10.5 Å². The average Bonchev–Trinajstić information content (AvgIpc) is 2.04. The van der Waals surface area contributed by atoms with Gasteiger partial charge in [0.25, 0.3) is 0 Å². The lowest BCUT2D eigenvalue weighted by Gasteiger charge is -1.94. The average molecular weight is 142 g/mol. The minimum absolute atomic E-state index is 0.599. The highest BCUT2D eigenvalue weighted by molar-refractivity contribution is 5.43. The van der Waals surface area contributed by atoms with Gasteiger partial charge in [0, 0.05) is 0 Å². The molecule has 0 atom stereocenters. The zero-order valence-electron chi connectivity index (χ0n) is 6.13. The Morgan fingerprint density at radius 1 is 1.18 bits per heavy atom. The molecule has 0 aliphatic carbocycles. The van der Waals surface area contributed by atoms with E-state index >= 15 is 0 Å². The summed E-state index contributed by atoms with van der Waals surface area (Å²) in [6.45, 7) is 1.82. The van der Waals surface area contributed by atoms with Gasteiger partial charge in [-0.2, -0.15) is 10.5 Å². The van der Waals surface area contributed by atoms with Crippen LogP contribution in [0.4, 0.5) is 0 Å². The second kappa shape index (κ2) is 2.86. The van der Waals surface area contributed by atoms with Crippen LogP contribution in [0.1, 0.15) is 16.7 Å². The first-order chi connectivity index (χ1) is 5.27. The largest absolute Gasteiger partial charge is 0.192 e. The van der Waals surface area contributed by atoms with Gasteiger partial charge in [0.05, 0.1) is 23.3 Å². The third kappa shape index (κ3) is 1.36. The predicted octanol–water partition coefficient (Wildman–Crippen LogP) is 1.74. The number of hydrogen-bond donors (Lipinski definition) is 0. The molecular weight excluding hydrogens is 136 g/mol. The first kappa shape index (κ1) is 7.31. The SMILES string of the molecule is Cc1cc(C#N)ccc1C#N. The van der Waals surface area contributed by atoms with Gasteiger partial charge in [-0.15, -0.1) is 0 Å². The first-order valence-corrected chi connectivity index (χ1v) is 3.19.